The highest BCUT2D eigenvalue weighted by Crippen LogP contribution is 2.09. The van der Waals surface area contributed by atoms with Crippen LogP contribution in [0.5, 0.6) is 0 Å². The van der Waals surface area contributed by atoms with Crippen LogP contribution in [0.1, 0.15) is 16.8 Å². The van der Waals surface area contributed by atoms with Crippen LogP contribution < -0.4 is 10.6 Å². The van der Waals surface area contributed by atoms with Crippen molar-refractivity contribution in [2.45, 2.75) is 12.5 Å². The SMILES string of the molecule is COC(=O)C[C@H](NC(=O)CNC(=O)c1ccc(Cl)cc1)C(=O)OC. The van der Waals surface area contributed by atoms with Gasteiger partial charge in [0.2, 0.25) is 5.91 Å². The van der Waals surface area contributed by atoms with Crippen molar-refractivity contribution in [3.8, 4) is 0 Å². The molecule has 130 valence electrons. The zero-order valence-electron chi connectivity index (χ0n) is 13.1. The summed E-state index contributed by atoms with van der Waals surface area (Å²) in [6, 6.07) is 4.90. The number of esters is 2. The van der Waals surface area contributed by atoms with Crippen LogP contribution in [0, 0.1) is 0 Å². The summed E-state index contributed by atoms with van der Waals surface area (Å²) < 4.78 is 8.95. The summed E-state index contributed by atoms with van der Waals surface area (Å²) in [5.41, 5.74) is 0.325. The highest BCUT2D eigenvalue weighted by molar-refractivity contribution is 6.30. The molecule has 2 amide bonds. The Balaban J connectivity index is 2.56. The van der Waals surface area contributed by atoms with Gasteiger partial charge in [-0.2, -0.15) is 0 Å². The highest BCUT2D eigenvalue weighted by Gasteiger charge is 2.25. The van der Waals surface area contributed by atoms with Crippen molar-refractivity contribution in [1.29, 1.82) is 0 Å². The average Bonchev–Trinajstić information content (AvgIpc) is 2.58. The second kappa shape index (κ2) is 9.51. The smallest absolute Gasteiger partial charge is 0.328 e. The summed E-state index contributed by atoms with van der Waals surface area (Å²) in [6.07, 6.45) is -0.375. The van der Waals surface area contributed by atoms with Gasteiger partial charge in [0.25, 0.3) is 5.91 Å². The molecule has 0 aromatic heterocycles. The van der Waals surface area contributed by atoms with Crippen molar-refractivity contribution in [1.82, 2.24) is 10.6 Å². The molecule has 1 atom stereocenters. The summed E-state index contributed by atoms with van der Waals surface area (Å²) in [4.78, 5) is 46.5. The van der Waals surface area contributed by atoms with Gasteiger partial charge in [-0.15, -0.1) is 0 Å². The molecule has 24 heavy (non-hydrogen) atoms. The Morgan fingerprint density at radius 1 is 1.08 bits per heavy atom. The number of amides is 2. The van der Waals surface area contributed by atoms with Gasteiger partial charge in [-0.05, 0) is 24.3 Å². The number of rotatable bonds is 7. The molecule has 2 N–H and O–H groups in total. The predicted octanol–water partition coefficient (Wildman–Crippen LogP) is 0.291. The molecule has 1 aromatic rings. The fraction of sp³-hybridized carbons (Fsp3) is 0.333. The monoisotopic (exact) mass is 356 g/mol. The van der Waals surface area contributed by atoms with Crippen LogP contribution in [0.25, 0.3) is 0 Å². The van der Waals surface area contributed by atoms with E-state index in [0.29, 0.717) is 10.6 Å². The first-order valence-corrected chi connectivity index (χ1v) is 7.23. The van der Waals surface area contributed by atoms with Gasteiger partial charge < -0.3 is 20.1 Å². The zero-order chi connectivity index (χ0) is 18.1. The van der Waals surface area contributed by atoms with Crippen molar-refractivity contribution in [3.05, 3.63) is 34.9 Å². The number of benzene rings is 1. The molecule has 1 rings (SSSR count). The van der Waals surface area contributed by atoms with Crippen LogP contribution in [-0.4, -0.2) is 50.6 Å². The maximum atomic E-state index is 11.9. The quantitative estimate of drug-likeness (QED) is 0.679. The molecule has 0 spiro atoms. The Morgan fingerprint density at radius 3 is 2.25 bits per heavy atom. The van der Waals surface area contributed by atoms with Crippen LogP contribution in [0.15, 0.2) is 24.3 Å². The molecule has 0 aliphatic heterocycles. The van der Waals surface area contributed by atoms with Crippen molar-refractivity contribution >= 4 is 35.4 Å². The Labute approximate surface area is 143 Å². The first kappa shape index (κ1) is 19.4. The van der Waals surface area contributed by atoms with E-state index in [2.05, 4.69) is 20.1 Å². The van der Waals surface area contributed by atoms with Gasteiger partial charge in [-0.3, -0.25) is 14.4 Å². The van der Waals surface area contributed by atoms with Crippen molar-refractivity contribution in [3.63, 3.8) is 0 Å². The Bertz CT molecular complexity index is 617. The molecular formula is C15H17ClN2O6. The lowest BCUT2D eigenvalue weighted by atomic mass is 10.2. The highest BCUT2D eigenvalue weighted by atomic mass is 35.5. The summed E-state index contributed by atoms with van der Waals surface area (Å²) in [6.45, 7) is -0.379. The van der Waals surface area contributed by atoms with Crippen LogP contribution in [-0.2, 0) is 23.9 Å². The molecule has 0 saturated heterocycles. The zero-order valence-corrected chi connectivity index (χ0v) is 13.9. The molecule has 1 aromatic carbocycles. The third kappa shape index (κ3) is 6.25. The molecule has 0 fully saturated rings. The van der Waals surface area contributed by atoms with Gasteiger partial charge in [0.1, 0.15) is 6.04 Å². The summed E-state index contributed by atoms with van der Waals surface area (Å²) in [5.74, 6) is -2.62. The van der Waals surface area contributed by atoms with E-state index in [-0.39, 0.29) is 13.0 Å². The summed E-state index contributed by atoms with van der Waals surface area (Å²) >= 11 is 5.72. The van der Waals surface area contributed by atoms with Crippen LogP contribution in [0.3, 0.4) is 0 Å². The van der Waals surface area contributed by atoms with E-state index in [1.165, 1.54) is 12.1 Å². The number of nitrogens with one attached hydrogen (secondary N) is 2. The van der Waals surface area contributed by atoms with E-state index in [0.717, 1.165) is 14.2 Å². The fourth-order valence-electron chi connectivity index (χ4n) is 1.69. The van der Waals surface area contributed by atoms with Crippen LogP contribution >= 0.6 is 11.6 Å². The Kier molecular flexibility index (Phi) is 7.70. The van der Waals surface area contributed by atoms with Gasteiger partial charge in [0.05, 0.1) is 27.2 Å². The van der Waals surface area contributed by atoms with Gasteiger partial charge >= 0.3 is 11.9 Å². The van der Waals surface area contributed by atoms with Crippen LogP contribution in [0.2, 0.25) is 5.02 Å². The fourth-order valence-corrected chi connectivity index (χ4v) is 1.82. The van der Waals surface area contributed by atoms with Gasteiger partial charge in [0, 0.05) is 10.6 Å². The maximum absolute atomic E-state index is 11.9. The van der Waals surface area contributed by atoms with Gasteiger partial charge in [-0.25, -0.2) is 4.79 Å². The number of hydrogen-bond acceptors (Lipinski definition) is 6. The van der Waals surface area contributed by atoms with E-state index in [4.69, 9.17) is 11.6 Å². The lowest BCUT2D eigenvalue weighted by Crippen LogP contribution is -2.47. The third-order valence-electron chi connectivity index (χ3n) is 2.94. The maximum Gasteiger partial charge on any atom is 0.328 e. The molecular weight excluding hydrogens is 340 g/mol. The number of halogens is 1. The molecule has 0 bridgehead atoms. The molecule has 0 aliphatic rings. The molecule has 9 heteroatoms. The summed E-state index contributed by atoms with van der Waals surface area (Å²) in [7, 11) is 2.28. The standard InChI is InChI=1S/C15H17ClN2O6/c1-23-13(20)7-11(15(22)24-2)18-12(19)8-17-14(21)9-3-5-10(16)6-4-9/h3-6,11H,7-8H2,1-2H3,(H,17,21)(H,18,19)/t11-/m0/s1. The largest absolute Gasteiger partial charge is 0.469 e. The minimum atomic E-state index is -1.19. The number of ether oxygens (including phenoxy) is 2. The van der Waals surface area contributed by atoms with Gasteiger partial charge in [-0.1, -0.05) is 11.6 Å². The average molecular weight is 357 g/mol. The Morgan fingerprint density at radius 2 is 1.71 bits per heavy atom. The van der Waals surface area contributed by atoms with Crippen molar-refractivity contribution < 1.29 is 28.7 Å². The number of carbonyl (C=O) groups excluding carboxylic acids is 4. The minimum Gasteiger partial charge on any atom is -0.469 e. The van der Waals surface area contributed by atoms with Crippen molar-refractivity contribution in [2.24, 2.45) is 0 Å². The number of carbonyl (C=O) groups is 4. The Hall–Kier alpha value is -2.61. The molecule has 0 unspecified atom stereocenters. The number of hydrogen-bond donors (Lipinski definition) is 2. The predicted molar refractivity (Wildman–Crippen MR) is 84.4 cm³/mol. The minimum absolute atomic E-state index is 0.325. The lowest BCUT2D eigenvalue weighted by Gasteiger charge is -2.15. The summed E-state index contributed by atoms with van der Waals surface area (Å²) in [5, 5.41) is 5.16. The molecule has 8 nitrogen and oxygen atoms in total. The third-order valence-corrected chi connectivity index (χ3v) is 3.19. The lowest BCUT2D eigenvalue weighted by molar-refractivity contribution is -0.150. The second-order valence-electron chi connectivity index (χ2n) is 4.61. The number of methoxy groups -OCH3 is 2. The first-order chi connectivity index (χ1) is 11.4. The van der Waals surface area contributed by atoms with E-state index in [1.807, 2.05) is 0 Å². The van der Waals surface area contributed by atoms with Gasteiger partial charge in [0.15, 0.2) is 0 Å². The second-order valence-corrected chi connectivity index (χ2v) is 5.05. The normalized spacial score (nSPS) is 11.1. The van der Waals surface area contributed by atoms with E-state index in [1.54, 1.807) is 12.1 Å². The van der Waals surface area contributed by atoms with Crippen LogP contribution in [0.4, 0.5) is 0 Å². The first-order valence-electron chi connectivity index (χ1n) is 6.85. The van der Waals surface area contributed by atoms with E-state index in [9.17, 15) is 19.2 Å². The molecule has 0 heterocycles. The molecule has 0 aliphatic carbocycles. The molecule has 0 saturated carbocycles. The van der Waals surface area contributed by atoms with E-state index >= 15 is 0 Å². The van der Waals surface area contributed by atoms with Crippen molar-refractivity contribution in [2.75, 3.05) is 20.8 Å². The molecule has 0 radical (unpaired) electrons. The van der Waals surface area contributed by atoms with E-state index < -0.39 is 29.8 Å². The topological polar surface area (TPSA) is 111 Å².